The van der Waals surface area contributed by atoms with Crippen molar-refractivity contribution in [1.29, 1.82) is 5.26 Å². The second-order valence-corrected chi connectivity index (χ2v) is 5.68. The second-order valence-electron chi connectivity index (χ2n) is 5.68. The predicted molar refractivity (Wildman–Crippen MR) is 80.8 cm³/mol. The Kier molecular flexibility index (Phi) is 4.18. The minimum atomic E-state index is 0.101. The van der Waals surface area contributed by atoms with Crippen molar-refractivity contribution in [3.63, 3.8) is 0 Å². The van der Waals surface area contributed by atoms with E-state index in [1.807, 2.05) is 31.2 Å². The van der Waals surface area contributed by atoms with Crippen molar-refractivity contribution in [2.75, 3.05) is 26.7 Å². The maximum absolute atomic E-state index is 9.21. The molecule has 2 aromatic rings. The highest BCUT2D eigenvalue weighted by molar-refractivity contribution is 5.37. The number of hydrogen-bond donors (Lipinski definition) is 0. The van der Waals surface area contributed by atoms with Gasteiger partial charge in [-0.05, 0) is 25.6 Å². The van der Waals surface area contributed by atoms with Crippen LogP contribution in [0.2, 0.25) is 0 Å². The van der Waals surface area contributed by atoms with Gasteiger partial charge in [-0.25, -0.2) is 0 Å². The predicted octanol–water partition coefficient (Wildman–Crippen LogP) is 1.74. The molecule has 0 aliphatic carbocycles. The highest BCUT2D eigenvalue weighted by Crippen LogP contribution is 2.24. The van der Waals surface area contributed by atoms with Crippen molar-refractivity contribution in [2.24, 2.45) is 0 Å². The van der Waals surface area contributed by atoms with Crippen LogP contribution in [0.3, 0.4) is 0 Å². The first-order chi connectivity index (χ1) is 10.7. The zero-order valence-corrected chi connectivity index (χ0v) is 12.9. The van der Waals surface area contributed by atoms with Crippen LogP contribution in [0.15, 0.2) is 28.8 Å². The van der Waals surface area contributed by atoms with E-state index in [-0.39, 0.29) is 6.04 Å². The molecular weight excluding hydrogens is 278 g/mol. The normalized spacial score (nSPS) is 20.0. The Morgan fingerprint density at radius 2 is 2.18 bits per heavy atom. The van der Waals surface area contributed by atoms with Crippen LogP contribution in [-0.4, -0.2) is 46.6 Å². The van der Waals surface area contributed by atoms with Crippen LogP contribution in [-0.2, 0) is 6.54 Å². The summed E-state index contributed by atoms with van der Waals surface area (Å²) in [4.78, 5) is 8.93. The molecule has 0 unspecified atom stereocenters. The molecule has 0 radical (unpaired) electrons. The van der Waals surface area contributed by atoms with E-state index in [0.717, 1.165) is 37.3 Å². The zero-order chi connectivity index (χ0) is 15.5. The number of rotatable bonds is 3. The van der Waals surface area contributed by atoms with Crippen LogP contribution in [0.1, 0.15) is 28.9 Å². The van der Waals surface area contributed by atoms with Gasteiger partial charge in [0.15, 0.2) is 5.82 Å². The summed E-state index contributed by atoms with van der Waals surface area (Å²) in [6.07, 6.45) is 0. The molecule has 2 heterocycles. The van der Waals surface area contributed by atoms with Gasteiger partial charge in [0.05, 0.1) is 11.6 Å². The average molecular weight is 297 g/mol. The lowest BCUT2D eigenvalue weighted by atomic mass is 10.1. The molecule has 0 amide bonds. The summed E-state index contributed by atoms with van der Waals surface area (Å²) in [5.74, 6) is 1.33. The van der Waals surface area contributed by atoms with Crippen LogP contribution < -0.4 is 0 Å². The number of nitriles is 1. The smallest absolute Gasteiger partial charge is 0.245 e. The van der Waals surface area contributed by atoms with E-state index >= 15 is 0 Å². The summed E-state index contributed by atoms with van der Waals surface area (Å²) in [7, 11) is 2.07. The molecule has 6 heteroatoms. The minimum absolute atomic E-state index is 0.101. The fourth-order valence-electron chi connectivity index (χ4n) is 2.80. The number of nitrogens with zero attached hydrogens (tertiary/aromatic N) is 5. The van der Waals surface area contributed by atoms with Crippen molar-refractivity contribution in [2.45, 2.75) is 19.5 Å². The number of aromatic nitrogens is 2. The summed E-state index contributed by atoms with van der Waals surface area (Å²) in [6, 6.07) is 10.1. The largest absolute Gasteiger partial charge is 0.338 e. The third-order valence-corrected chi connectivity index (χ3v) is 4.09. The Labute approximate surface area is 129 Å². The monoisotopic (exact) mass is 297 g/mol. The van der Waals surface area contributed by atoms with Gasteiger partial charge in [0.2, 0.25) is 5.89 Å². The first-order valence-electron chi connectivity index (χ1n) is 7.38. The van der Waals surface area contributed by atoms with E-state index in [4.69, 9.17) is 4.52 Å². The van der Waals surface area contributed by atoms with Crippen LogP contribution in [0.5, 0.6) is 0 Å². The second kappa shape index (κ2) is 6.26. The van der Waals surface area contributed by atoms with Gasteiger partial charge in [-0.15, -0.1) is 0 Å². The van der Waals surface area contributed by atoms with Crippen molar-refractivity contribution in [3.8, 4) is 6.07 Å². The first-order valence-corrected chi connectivity index (χ1v) is 7.38. The highest BCUT2D eigenvalue weighted by atomic mass is 16.5. The maximum Gasteiger partial charge on any atom is 0.245 e. The van der Waals surface area contributed by atoms with Crippen molar-refractivity contribution in [1.82, 2.24) is 19.9 Å². The average Bonchev–Trinajstić information content (AvgIpc) is 2.96. The van der Waals surface area contributed by atoms with Crippen LogP contribution in [0, 0.1) is 18.3 Å². The molecule has 1 atom stereocenters. The molecule has 22 heavy (non-hydrogen) atoms. The molecule has 0 bridgehead atoms. The van der Waals surface area contributed by atoms with Crippen molar-refractivity contribution < 1.29 is 4.52 Å². The highest BCUT2D eigenvalue weighted by Gasteiger charge is 2.30. The van der Waals surface area contributed by atoms with Crippen molar-refractivity contribution in [3.05, 3.63) is 47.1 Å². The molecule has 114 valence electrons. The summed E-state index contributed by atoms with van der Waals surface area (Å²) in [5.41, 5.74) is 1.81. The summed E-state index contributed by atoms with van der Waals surface area (Å²) in [5, 5.41) is 13.1. The fourth-order valence-corrected chi connectivity index (χ4v) is 2.80. The molecule has 1 saturated heterocycles. The van der Waals surface area contributed by atoms with E-state index in [0.29, 0.717) is 11.7 Å². The lowest BCUT2D eigenvalue weighted by molar-refractivity contribution is 0.0714. The summed E-state index contributed by atoms with van der Waals surface area (Å²) < 4.78 is 5.34. The Bertz CT molecular complexity index is 690. The van der Waals surface area contributed by atoms with Gasteiger partial charge in [0.25, 0.3) is 0 Å². The lowest BCUT2D eigenvalue weighted by Crippen LogP contribution is -2.46. The number of piperazine rings is 1. The van der Waals surface area contributed by atoms with Crippen LogP contribution in [0.25, 0.3) is 0 Å². The molecule has 1 aromatic heterocycles. The zero-order valence-electron chi connectivity index (χ0n) is 12.9. The molecule has 1 fully saturated rings. The van der Waals surface area contributed by atoms with E-state index < -0.39 is 0 Å². The van der Waals surface area contributed by atoms with Gasteiger partial charge < -0.3 is 4.52 Å². The fraction of sp³-hybridized carbons (Fsp3) is 0.438. The van der Waals surface area contributed by atoms with Crippen LogP contribution >= 0.6 is 0 Å². The van der Waals surface area contributed by atoms with Gasteiger partial charge in [-0.3, -0.25) is 9.80 Å². The SMILES string of the molecule is Cc1noc([C@@H]2CN(Cc3ccccc3C#N)CCN2C)n1. The number of hydrogen-bond acceptors (Lipinski definition) is 6. The maximum atomic E-state index is 9.21. The number of aryl methyl sites for hydroxylation is 1. The Balaban J connectivity index is 1.75. The van der Waals surface area contributed by atoms with Gasteiger partial charge in [-0.2, -0.15) is 10.2 Å². The molecule has 1 aliphatic rings. The molecule has 3 rings (SSSR count). The Morgan fingerprint density at radius 3 is 2.91 bits per heavy atom. The first kappa shape index (κ1) is 14.7. The molecule has 1 aromatic carbocycles. The molecular formula is C16H19N5O. The van der Waals surface area contributed by atoms with E-state index in [9.17, 15) is 5.26 Å². The minimum Gasteiger partial charge on any atom is -0.338 e. The molecule has 0 N–H and O–H groups in total. The van der Waals surface area contributed by atoms with Gasteiger partial charge >= 0.3 is 0 Å². The Hall–Kier alpha value is -2.23. The standard InChI is InChI=1S/C16H19N5O/c1-12-18-16(22-19-12)15-11-21(8-7-20(15)2)10-14-6-4-3-5-13(14)9-17/h3-6,15H,7-8,10-11H2,1-2H3/t15-/m0/s1. The number of benzene rings is 1. The molecule has 0 spiro atoms. The van der Waals surface area contributed by atoms with E-state index in [1.54, 1.807) is 0 Å². The van der Waals surface area contributed by atoms with E-state index in [2.05, 4.69) is 33.1 Å². The quantitative estimate of drug-likeness (QED) is 0.859. The molecule has 6 nitrogen and oxygen atoms in total. The Morgan fingerprint density at radius 1 is 1.36 bits per heavy atom. The topological polar surface area (TPSA) is 69.2 Å². The third-order valence-electron chi connectivity index (χ3n) is 4.09. The number of likely N-dealkylation sites (N-methyl/N-ethyl adjacent to an activating group) is 1. The lowest BCUT2D eigenvalue weighted by Gasteiger charge is -2.37. The summed E-state index contributed by atoms with van der Waals surface area (Å²) >= 11 is 0. The van der Waals surface area contributed by atoms with Crippen molar-refractivity contribution >= 4 is 0 Å². The van der Waals surface area contributed by atoms with Gasteiger partial charge in [0.1, 0.15) is 6.04 Å². The molecule has 0 saturated carbocycles. The molecule has 1 aliphatic heterocycles. The van der Waals surface area contributed by atoms with Crippen LogP contribution in [0.4, 0.5) is 0 Å². The third kappa shape index (κ3) is 3.01. The van der Waals surface area contributed by atoms with E-state index in [1.165, 1.54) is 0 Å². The summed E-state index contributed by atoms with van der Waals surface area (Å²) in [6.45, 7) is 5.30. The van der Waals surface area contributed by atoms with Gasteiger partial charge in [-0.1, -0.05) is 23.4 Å². The van der Waals surface area contributed by atoms with Gasteiger partial charge in [0, 0.05) is 26.2 Å².